The molecule has 0 saturated carbocycles. The van der Waals surface area contributed by atoms with Crippen molar-refractivity contribution in [3.63, 3.8) is 0 Å². The fourth-order valence-corrected chi connectivity index (χ4v) is 1.66. The Labute approximate surface area is 120 Å². The fourth-order valence-electron chi connectivity index (χ4n) is 1.66. The maximum atomic E-state index is 11.7. The molecular weight excluding hydrogens is 254 g/mol. The molecule has 0 bridgehead atoms. The molecular formula is C15H23N3O2. The zero-order chi connectivity index (χ0) is 14.8. The van der Waals surface area contributed by atoms with Crippen LogP contribution in [0.3, 0.4) is 0 Å². The monoisotopic (exact) mass is 277 g/mol. The van der Waals surface area contributed by atoms with Crippen LogP contribution in [0.5, 0.6) is 0 Å². The van der Waals surface area contributed by atoms with Gasteiger partial charge in [-0.25, -0.2) is 0 Å². The number of nitrogens with one attached hydrogen (secondary N) is 3. The third-order valence-electron chi connectivity index (χ3n) is 2.81. The summed E-state index contributed by atoms with van der Waals surface area (Å²) in [6.45, 7) is 5.36. The third-order valence-corrected chi connectivity index (χ3v) is 2.81. The molecule has 2 amide bonds. The molecule has 5 nitrogen and oxygen atoms in total. The molecule has 0 aromatic heterocycles. The summed E-state index contributed by atoms with van der Waals surface area (Å²) in [6, 6.07) is 7.62. The zero-order valence-electron chi connectivity index (χ0n) is 12.2. The van der Waals surface area contributed by atoms with Crippen LogP contribution >= 0.6 is 0 Å². The molecule has 20 heavy (non-hydrogen) atoms. The molecule has 0 aliphatic heterocycles. The summed E-state index contributed by atoms with van der Waals surface area (Å²) in [4.78, 5) is 23.0. The first-order chi connectivity index (χ1) is 9.63. The van der Waals surface area contributed by atoms with Gasteiger partial charge < -0.3 is 16.0 Å². The number of carbonyl (C=O) groups is 2. The van der Waals surface area contributed by atoms with Gasteiger partial charge in [-0.15, -0.1) is 0 Å². The summed E-state index contributed by atoms with van der Waals surface area (Å²) in [5.41, 5.74) is 1.85. The average Bonchev–Trinajstić information content (AvgIpc) is 2.44. The minimum absolute atomic E-state index is 0.0126. The number of para-hydroxylation sites is 1. The maximum absolute atomic E-state index is 11.7. The Bertz CT molecular complexity index is 446. The summed E-state index contributed by atoms with van der Waals surface area (Å²) in [6.07, 6.45) is 1.32. The minimum Gasteiger partial charge on any atom is -0.356 e. The lowest BCUT2D eigenvalue weighted by atomic mass is 10.2. The van der Waals surface area contributed by atoms with Crippen molar-refractivity contribution in [1.82, 2.24) is 10.6 Å². The van der Waals surface area contributed by atoms with Crippen LogP contribution in [0.4, 0.5) is 5.69 Å². The summed E-state index contributed by atoms with van der Waals surface area (Å²) in [7, 11) is 0. The molecule has 1 rings (SSSR count). The number of hydrogen-bond donors (Lipinski definition) is 3. The molecule has 0 heterocycles. The molecule has 0 spiro atoms. The molecule has 0 atom stereocenters. The van der Waals surface area contributed by atoms with Crippen LogP contribution in [0.2, 0.25) is 0 Å². The highest BCUT2D eigenvalue weighted by atomic mass is 16.2. The van der Waals surface area contributed by atoms with Gasteiger partial charge in [0.25, 0.3) is 0 Å². The summed E-state index contributed by atoms with van der Waals surface area (Å²) >= 11 is 0. The van der Waals surface area contributed by atoms with E-state index in [-0.39, 0.29) is 18.4 Å². The van der Waals surface area contributed by atoms with Gasteiger partial charge in [0, 0.05) is 25.2 Å². The number of amides is 2. The molecule has 5 heteroatoms. The SMILES string of the molecule is CCCNC(=O)CCNCC(=O)Nc1ccccc1C. The van der Waals surface area contributed by atoms with Gasteiger partial charge in [-0.1, -0.05) is 25.1 Å². The van der Waals surface area contributed by atoms with Crippen molar-refractivity contribution in [3.05, 3.63) is 29.8 Å². The summed E-state index contributed by atoms with van der Waals surface area (Å²) in [5.74, 6) is -0.0908. The number of rotatable bonds is 8. The molecule has 0 unspecified atom stereocenters. The van der Waals surface area contributed by atoms with Gasteiger partial charge in [-0.05, 0) is 25.0 Å². The highest BCUT2D eigenvalue weighted by Crippen LogP contribution is 2.12. The normalized spacial score (nSPS) is 10.1. The maximum Gasteiger partial charge on any atom is 0.238 e. The van der Waals surface area contributed by atoms with Crippen LogP contribution in [0.1, 0.15) is 25.3 Å². The Balaban J connectivity index is 2.18. The predicted molar refractivity (Wildman–Crippen MR) is 80.6 cm³/mol. The van der Waals surface area contributed by atoms with Crippen LogP contribution in [-0.2, 0) is 9.59 Å². The molecule has 0 saturated heterocycles. The van der Waals surface area contributed by atoms with Gasteiger partial charge in [0.05, 0.1) is 6.54 Å². The quantitative estimate of drug-likeness (QED) is 0.630. The van der Waals surface area contributed by atoms with E-state index in [0.717, 1.165) is 17.7 Å². The van der Waals surface area contributed by atoms with Crippen molar-refractivity contribution < 1.29 is 9.59 Å². The average molecular weight is 277 g/mol. The lowest BCUT2D eigenvalue weighted by Crippen LogP contribution is -2.32. The van der Waals surface area contributed by atoms with Crippen molar-refractivity contribution in [1.29, 1.82) is 0 Å². The van der Waals surface area contributed by atoms with Crippen LogP contribution < -0.4 is 16.0 Å². The highest BCUT2D eigenvalue weighted by molar-refractivity contribution is 5.92. The molecule has 110 valence electrons. The number of hydrogen-bond acceptors (Lipinski definition) is 3. The van der Waals surface area contributed by atoms with Crippen LogP contribution in [0, 0.1) is 6.92 Å². The van der Waals surface area contributed by atoms with E-state index >= 15 is 0 Å². The van der Waals surface area contributed by atoms with Gasteiger partial charge in [0.1, 0.15) is 0 Å². The molecule has 0 fully saturated rings. The second-order valence-electron chi connectivity index (χ2n) is 4.64. The fraction of sp³-hybridized carbons (Fsp3) is 0.467. The van der Waals surface area contributed by atoms with Gasteiger partial charge in [-0.3, -0.25) is 9.59 Å². The lowest BCUT2D eigenvalue weighted by Gasteiger charge is -2.09. The van der Waals surface area contributed by atoms with E-state index < -0.39 is 0 Å². The molecule has 1 aromatic rings. The molecule has 0 aliphatic rings. The van der Waals surface area contributed by atoms with E-state index in [2.05, 4.69) is 16.0 Å². The third kappa shape index (κ3) is 6.33. The Kier molecular flexibility index (Phi) is 7.35. The van der Waals surface area contributed by atoms with E-state index in [9.17, 15) is 9.59 Å². The van der Waals surface area contributed by atoms with Crippen LogP contribution in [0.15, 0.2) is 24.3 Å². The number of benzene rings is 1. The standard InChI is InChI=1S/C15H23N3O2/c1-3-9-17-14(19)8-10-16-11-15(20)18-13-7-5-4-6-12(13)2/h4-7,16H,3,8-11H2,1-2H3,(H,17,19)(H,18,20). The highest BCUT2D eigenvalue weighted by Gasteiger charge is 2.04. The number of carbonyl (C=O) groups excluding carboxylic acids is 2. The number of aryl methyl sites for hydroxylation is 1. The smallest absolute Gasteiger partial charge is 0.238 e. The van der Waals surface area contributed by atoms with Gasteiger partial charge in [0.15, 0.2) is 0 Å². The van der Waals surface area contributed by atoms with Crippen molar-refractivity contribution in [2.45, 2.75) is 26.7 Å². The van der Waals surface area contributed by atoms with Gasteiger partial charge >= 0.3 is 0 Å². The Morgan fingerprint density at radius 1 is 1.10 bits per heavy atom. The molecule has 3 N–H and O–H groups in total. The summed E-state index contributed by atoms with van der Waals surface area (Å²) in [5, 5.41) is 8.58. The van der Waals surface area contributed by atoms with E-state index in [1.807, 2.05) is 38.1 Å². The molecule has 0 aliphatic carbocycles. The van der Waals surface area contributed by atoms with Crippen molar-refractivity contribution in [3.8, 4) is 0 Å². The van der Waals surface area contributed by atoms with Crippen LogP contribution in [-0.4, -0.2) is 31.4 Å². The largest absolute Gasteiger partial charge is 0.356 e. The zero-order valence-corrected chi connectivity index (χ0v) is 12.2. The first-order valence-corrected chi connectivity index (χ1v) is 6.96. The topological polar surface area (TPSA) is 70.2 Å². The first-order valence-electron chi connectivity index (χ1n) is 6.96. The lowest BCUT2D eigenvalue weighted by molar-refractivity contribution is -0.121. The molecule has 1 aromatic carbocycles. The van der Waals surface area contributed by atoms with E-state index in [1.54, 1.807) is 0 Å². The Morgan fingerprint density at radius 2 is 1.85 bits per heavy atom. The van der Waals surface area contributed by atoms with Gasteiger partial charge in [0.2, 0.25) is 11.8 Å². The van der Waals surface area contributed by atoms with Crippen molar-refractivity contribution in [2.24, 2.45) is 0 Å². The first kappa shape index (κ1) is 16.2. The number of anilines is 1. The van der Waals surface area contributed by atoms with Crippen molar-refractivity contribution >= 4 is 17.5 Å². The predicted octanol–water partition coefficient (Wildman–Crippen LogP) is 1.44. The Hall–Kier alpha value is -1.88. The van der Waals surface area contributed by atoms with Crippen LogP contribution in [0.25, 0.3) is 0 Å². The van der Waals surface area contributed by atoms with Crippen molar-refractivity contribution in [2.75, 3.05) is 25.0 Å². The minimum atomic E-state index is -0.103. The second kappa shape index (κ2) is 9.09. The Morgan fingerprint density at radius 3 is 2.55 bits per heavy atom. The van der Waals surface area contributed by atoms with Gasteiger partial charge in [-0.2, -0.15) is 0 Å². The van der Waals surface area contributed by atoms with E-state index in [4.69, 9.17) is 0 Å². The molecule has 0 radical (unpaired) electrons. The van der Waals surface area contributed by atoms with E-state index in [1.165, 1.54) is 0 Å². The second-order valence-corrected chi connectivity index (χ2v) is 4.64. The summed E-state index contributed by atoms with van der Waals surface area (Å²) < 4.78 is 0. The van der Waals surface area contributed by atoms with E-state index in [0.29, 0.717) is 19.5 Å².